The van der Waals surface area contributed by atoms with Crippen LogP contribution in [0.1, 0.15) is 25.0 Å². The fourth-order valence-corrected chi connectivity index (χ4v) is 1.83. The standard InChI is InChI=1S/C9H16N4O/c10-9-8(11-14-12-9)4-7-13-5-2-1-3-6-13/h1-7H2,(H2,10,12). The smallest absolute Gasteiger partial charge is 0.191 e. The summed E-state index contributed by atoms with van der Waals surface area (Å²) in [6.45, 7) is 3.41. The molecule has 0 radical (unpaired) electrons. The van der Waals surface area contributed by atoms with Crippen molar-refractivity contribution in [3.63, 3.8) is 0 Å². The molecule has 1 fully saturated rings. The van der Waals surface area contributed by atoms with Gasteiger partial charge in [-0.1, -0.05) is 11.6 Å². The molecule has 0 bridgehead atoms. The van der Waals surface area contributed by atoms with E-state index in [9.17, 15) is 0 Å². The molecular weight excluding hydrogens is 180 g/mol. The first-order valence-corrected chi connectivity index (χ1v) is 5.15. The molecule has 2 N–H and O–H groups in total. The largest absolute Gasteiger partial charge is 0.379 e. The highest BCUT2D eigenvalue weighted by atomic mass is 16.6. The van der Waals surface area contributed by atoms with Crippen molar-refractivity contribution in [3.05, 3.63) is 5.69 Å². The zero-order valence-corrected chi connectivity index (χ0v) is 8.28. The lowest BCUT2D eigenvalue weighted by atomic mass is 10.1. The van der Waals surface area contributed by atoms with E-state index in [2.05, 4.69) is 19.8 Å². The summed E-state index contributed by atoms with van der Waals surface area (Å²) in [7, 11) is 0. The zero-order chi connectivity index (χ0) is 9.80. The molecule has 1 saturated heterocycles. The Bertz CT molecular complexity index is 280. The molecule has 0 aromatic carbocycles. The van der Waals surface area contributed by atoms with Gasteiger partial charge in [0.1, 0.15) is 5.69 Å². The van der Waals surface area contributed by atoms with Crippen molar-refractivity contribution >= 4 is 5.82 Å². The van der Waals surface area contributed by atoms with Crippen molar-refractivity contribution in [2.24, 2.45) is 0 Å². The number of rotatable bonds is 3. The van der Waals surface area contributed by atoms with Crippen LogP contribution in [0.3, 0.4) is 0 Å². The first-order valence-electron chi connectivity index (χ1n) is 5.15. The van der Waals surface area contributed by atoms with Crippen molar-refractivity contribution in [1.29, 1.82) is 0 Å². The Labute approximate surface area is 83.2 Å². The Hall–Kier alpha value is -1.10. The van der Waals surface area contributed by atoms with Crippen LogP contribution in [0.5, 0.6) is 0 Å². The van der Waals surface area contributed by atoms with Crippen LogP contribution in [0.15, 0.2) is 4.63 Å². The predicted molar refractivity (Wildman–Crippen MR) is 52.7 cm³/mol. The quantitative estimate of drug-likeness (QED) is 0.770. The van der Waals surface area contributed by atoms with Gasteiger partial charge in [0.05, 0.1) is 0 Å². The lowest BCUT2D eigenvalue weighted by Gasteiger charge is -2.25. The predicted octanol–water partition coefficient (Wildman–Crippen LogP) is 0.680. The summed E-state index contributed by atoms with van der Waals surface area (Å²) in [4.78, 5) is 2.44. The number of anilines is 1. The lowest BCUT2D eigenvalue weighted by molar-refractivity contribution is 0.229. The molecule has 0 atom stereocenters. The maximum Gasteiger partial charge on any atom is 0.191 e. The van der Waals surface area contributed by atoms with Crippen LogP contribution in [-0.4, -0.2) is 34.8 Å². The summed E-state index contributed by atoms with van der Waals surface area (Å²) < 4.78 is 4.54. The third kappa shape index (κ3) is 2.23. The molecule has 0 saturated carbocycles. The van der Waals surface area contributed by atoms with E-state index in [1.54, 1.807) is 0 Å². The minimum atomic E-state index is 0.432. The number of nitrogens with zero attached hydrogens (tertiary/aromatic N) is 3. The minimum Gasteiger partial charge on any atom is -0.379 e. The van der Waals surface area contributed by atoms with Gasteiger partial charge >= 0.3 is 0 Å². The lowest BCUT2D eigenvalue weighted by Crippen LogP contribution is -2.31. The van der Waals surface area contributed by atoms with Crippen LogP contribution in [0.4, 0.5) is 5.82 Å². The SMILES string of the molecule is Nc1nonc1CCN1CCCCC1. The second-order valence-electron chi connectivity index (χ2n) is 3.75. The molecule has 0 aliphatic carbocycles. The van der Waals surface area contributed by atoms with E-state index in [4.69, 9.17) is 5.73 Å². The first-order chi connectivity index (χ1) is 6.86. The number of hydrogen-bond acceptors (Lipinski definition) is 5. The van der Waals surface area contributed by atoms with Crippen LogP contribution >= 0.6 is 0 Å². The van der Waals surface area contributed by atoms with Crippen LogP contribution in [0, 0.1) is 0 Å². The third-order valence-corrected chi connectivity index (χ3v) is 2.70. The second-order valence-corrected chi connectivity index (χ2v) is 3.75. The Morgan fingerprint density at radius 2 is 2.00 bits per heavy atom. The number of hydrogen-bond donors (Lipinski definition) is 1. The van der Waals surface area contributed by atoms with Gasteiger partial charge in [-0.3, -0.25) is 0 Å². The van der Waals surface area contributed by atoms with Gasteiger partial charge in [0.2, 0.25) is 0 Å². The molecular formula is C9H16N4O. The van der Waals surface area contributed by atoms with Crippen LogP contribution in [0.25, 0.3) is 0 Å². The van der Waals surface area contributed by atoms with Crippen LogP contribution in [0.2, 0.25) is 0 Å². The van der Waals surface area contributed by atoms with Crippen LogP contribution < -0.4 is 5.73 Å². The van der Waals surface area contributed by atoms with E-state index in [1.165, 1.54) is 32.4 Å². The van der Waals surface area contributed by atoms with Crippen molar-refractivity contribution < 1.29 is 4.63 Å². The van der Waals surface area contributed by atoms with Gasteiger partial charge in [0.15, 0.2) is 5.82 Å². The highest BCUT2D eigenvalue weighted by molar-refractivity contribution is 5.30. The molecule has 0 unspecified atom stereocenters. The van der Waals surface area contributed by atoms with Crippen molar-refractivity contribution in [3.8, 4) is 0 Å². The van der Waals surface area contributed by atoms with Gasteiger partial charge in [-0.15, -0.1) is 0 Å². The van der Waals surface area contributed by atoms with Gasteiger partial charge in [0, 0.05) is 13.0 Å². The topological polar surface area (TPSA) is 68.2 Å². The highest BCUT2D eigenvalue weighted by Crippen LogP contribution is 2.11. The number of likely N-dealkylation sites (tertiary alicyclic amines) is 1. The third-order valence-electron chi connectivity index (χ3n) is 2.70. The molecule has 2 heterocycles. The molecule has 1 aliphatic rings. The van der Waals surface area contributed by atoms with E-state index in [-0.39, 0.29) is 0 Å². The van der Waals surface area contributed by atoms with Crippen LogP contribution in [-0.2, 0) is 6.42 Å². The Morgan fingerprint density at radius 3 is 2.64 bits per heavy atom. The molecule has 0 spiro atoms. The number of nitrogen functional groups attached to an aromatic ring is 1. The Morgan fingerprint density at radius 1 is 1.21 bits per heavy atom. The fourth-order valence-electron chi connectivity index (χ4n) is 1.83. The fraction of sp³-hybridized carbons (Fsp3) is 0.778. The zero-order valence-electron chi connectivity index (χ0n) is 8.28. The van der Waals surface area contributed by atoms with Gasteiger partial charge < -0.3 is 10.6 Å². The van der Waals surface area contributed by atoms with E-state index >= 15 is 0 Å². The molecule has 1 aromatic rings. The number of aromatic nitrogens is 2. The molecule has 2 rings (SSSR count). The van der Waals surface area contributed by atoms with Crippen molar-refractivity contribution in [2.75, 3.05) is 25.4 Å². The maximum absolute atomic E-state index is 5.57. The van der Waals surface area contributed by atoms with E-state index in [0.29, 0.717) is 5.82 Å². The number of piperidine rings is 1. The molecule has 0 amide bonds. The summed E-state index contributed by atoms with van der Waals surface area (Å²) in [6, 6.07) is 0. The van der Waals surface area contributed by atoms with E-state index < -0.39 is 0 Å². The monoisotopic (exact) mass is 196 g/mol. The highest BCUT2D eigenvalue weighted by Gasteiger charge is 2.12. The average molecular weight is 196 g/mol. The van der Waals surface area contributed by atoms with Crippen molar-refractivity contribution in [2.45, 2.75) is 25.7 Å². The minimum absolute atomic E-state index is 0.432. The van der Waals surface area contributed by atoms with Crippen molar-refractivity contribution in [1.82, 2.24) is 15.2 Å². The summed E-state index contributed by atoms with van der Waals surface area (Å²) in [5.74, 6) is 0.432. The molecule has 5 nitrogen and oxygen atoms in total. The van der Waals surface area contributed by atoms with E-state index in [0.717, 1.165) is 18.7 Å². The Balaban J connectivity index is 1.79. The average Bonchev–Trinajstić information content (AvgIpc) is 2.63. The summed E-state index contributed by atoms with van der Waals surface area (Å²) in [5.41, 5.74) is 6.36. The first kappa shape index (κ1) is 9.45. The van der Waals surface area contributed by atoms with Gasteiger partial charge in [-0.2, -0.15) is 0 Å². The molecule has 14 heavy (non-hydrogen) atoms. The molecule has 5 heteroatoms. The summed E-state index contributed by atoms with van der Waals surface area (Å²) in [5, 5.41) is 7.32. The second kappa shape index (κ2) is 4.41. The number of nitrogens with two attached hydrogens (primary N) is 1. The molecule has 1 aliphatic heterocycles. The van der Waals surface area contributed by atoms with E-state index in [1.807, 2.05) is 0 Å². The summed E-state index contributed by atoms with van der Waals surface area (Å²) >= 11 is 0. The molecule has 78 valence electrons. The maximum atomic E-state index is 5.57. The van der Waals surface area contributed by atoms with Gasteiger partial charge in [-0.25, -0.2) is 4.63 Å². The molecule has 1 aromatic heterocycles. The normalized spacial score (nSPS) is 18.6. The Kier molecular flexibility index (Phi) is 2.98. The van der Waals surface area contributed by atoms with Gasteiger partial charge in [-0.05, 0) is 31.1 Å². The van der Waals surface area contributed by atoms with Gasteiger partial charge in [0.25, 0.3) is 0 Å². The summed E-state index contributed by atoms with van der Waals surface area (Å²) in [6.07, 6.45) is 4.83.